The predicted molar refractivity (Wildman–Crippen MR) is 72.2 cm³/mol. The summed E-state index contributed by atoms with van der Waals surface area (Å²) in [4.78, 5) is 16.2. The monoisotopic (exact) mass is 260 g/mol. The molecule has 0 amide bonds. The predicted octanol–water partition coefficient (Wildman–Crippen LogP) is 3.27. The van der Waals surface area contributed by atoms with Gasteiger partial charge in [0, 0.05) is 47.9 Å². The maximum Gasteiger partial charge on any atom is 0.164 e. The first-order chi connectivity index (χ1) is 8.75. The number of Topliss-reactive ketones (excluding diaryl/α,β-unsaturated/α-hetero) is 1. The third-order valence-corrected chi connectivity index (χ3v) is 4.55. The number of carbonyl (C=O) groups excluding carboxylic acids is 1. The topological polar surface area (TPSA) is 34.9 Å². The molecule has 2 aromatic heterocycles. The molecule has 1 unspecified atom stereocenters. The zero-order valence-corrected chi connectivity index (χ0v) is 11.2. The fourth-order valence-electron chi connectivity index (χ4n) is 2.61. The van der Waals surface area contributed by atoms with Crippen LogP contribution in [0.5, 0.6) is 0 Å². The highest BCUT2D eigenvalue weighted by atomic mass is 32.1. The Bertz CT molecular complexity index is 556. The van der Waals surface area contributed by atoms with E-state index in [9.17, 15) is 4.79 Å². The first kappa shape index (κ1) is 11.7. The van der Waals surface area contributed by atoms with E-state index in [4.69, 9.17) is 0 Å². The van der Waals surface area contributed by atoms with Gasteiger partial charge in [-0.15, -0.1) is 11.3 Å². The number of ketones is 1. The van der Waals surface area contributed by atoms with Crippen LogP contribution in [0.1, 0.15) is 46.7 Å². The molecule has 3 nitrogen and oxygen atoms in total. The first-order valence-corrected chi connectivity index (χ1v) is 7.24. The van der Waals surface area contributed by atoms with E-state index in [1.165, 1.54) is 10.7 Å². The molecule has 0 saturated carbocycles. The molecule has 0 radical (unpaired) electrons. The number of hydrogen-bond donors (Lipinski definition) is 0. The number of hydrogen-bond acceptors (Lipinski definition) is 3. The van der Waals surface area contributed by atoms with Crippen LogP contribution >= 0.6 is 11.3 Å². The van der Waals surface area contributed by atoms with E-state index >= 15 is 0 Å². The van der Waals surface area contributed by atoms with Gasteiger partial charge in [0.25, 0.3) is 0 Å². The van der Waals surface area contributed by atoms with Crippen molar-refractivity contribution >= 4 is 17.1 Å². The summed E-state index contributed by atoms with van der Waals surface area (Å²) < 4.78 is 2.23. The van der Waals surface area contributed by atoms with Gasteiger partial charge in [-0.2, -0.15) is 0 Å². The van der Waals surface area contributed by atoms with Crippen LogP contribution in [0.15, 0.2) is 23.8 Å². The van der Waals surface area contributed by atoms with Crippen molar-refractivity contribution in [3.63, 3.8) is 0 Å². The van der Waals surface area contributed by atoms with Gasteiger partial charge in [0.2, 0.25) is 0 Å². The van der Waals surface area contributed by atoms with E-state index in [0.29, 0.717) is 18.1 Å². The van der Waals surface area contributed by atoms with Crippen LogP contribution in [0.4, 0.5) is 0 Å². The maximum atomic E-state index is 11.8. The Balaban J connectivity index is 1.83. The van der Waals surface area contributed by atoms with Crippen LogP contribution in [0.2, 0.25) is 0 Å². The van der Waals surface area contributed by atoms with Gasteiger partial charge in [0.05, 0.1) is 5.01 Å². The Labute approximate surface area is 110 Å². The number of carbonyl (C=O) groups is 1. The fourth-order valence-corrected chi connectivity index (χ4v) is 3.30. The fraction of sp³-hybridized carbons (Fsp3) is 0.429. The molecule has 4 heteroatoms. The van der Waals surface area contributed by atoms with Gasteiger partial charge in [-0.1, -0.05) is 6.92 Å². The second-order valence-electron chi connectivity index (χ2n) is 4.88. The Morgan fingerprint density at radius 1 is 1.50 bits per heavy atom. The first-order valence-electron chi connectivity index (χ1n) is 6.36. The quantitative estimate of drug-likeness (QED) is 0.849. The van der Waals surface area contributed by atoms with Crippen LogP contribution in [0.25, 0.3) is 0 Å². The summed E-state index contributed by atoms with van der Waals surface area (Å²) in [7, 11) is 0. The van der Waals surface area contributed by atoms with Gasteiger partial charge < -0.3 is 4.57 Å². The van der Waals surface area contributed by atoms with Crippen molar-refractivity contribution in [2.75, 3.05) is 0 Å². The van der Waals surface area contributed by atoms with Crippen molar-refractivity contribution in [3.8, 4) is 0 Å². The van der Waals surface area contributed by atoms with Crippen LogP contribution in [-0.2, 0) is 13.0 Å². The van der Waals surface area contributed by atoms with Gasteiger partial charge in [-0.05, 0) is 18.9 Å². The highest BCUT2D eigenvalue weighted by Gasteiger charge is 2.21. The molecule has 2 heterocycles. The minimum Gasteiger partial charge on any atom is -0.350 e. The number of rotatable bonds is 3. The van der Waals surface area contributed by atoms with Crippen molar-refractivity contribution < 1.29 is 4.79 Å². The lowest BCUT2D eigenvalue weighted by Crippen LogP contribution is -2.15. The van der Waals surface area contributed by atoms with Gasteiger partial charge in [-0.3, -0.25) is 4.79 Å². The second kappa shape index (κ2) is 4.69. The minimum atomic E-state index is 0.303. The summed E-state index contributed by atoms with van der Waals surface area (Å²) in [6.07, 6.45) is 6.63. The third-order valence-electron chi connectivity index (χ3n) is 3.54. The molecule has 1 aliphatic carbocycles. The van der Waals surface area contributed by atoms with E-state index < -0.39 is 0 Å². The van der Waals surface area contributed by atoms with Gasteiger partial charge in [0.15, 0.2) is 5.78 Å². The highest BCUT2D eigenvalue weighted by Crippen LogP contribution is 2.26. The van der Waals surface area contributed by atoms with Crippen LogP contribution in [0, 0.1) is 0 Å². The van der Waals surface area contributed by atoms with E-state index in [1.54, 1.807) is 11.3 Å². The number of thiazole rings is 1. The molecule has 0 spiro atoms. The normalized spacial score (nSPS) is 16.6. The Morgan fingerprint density at radius 3 is 3.17 bits per heavy atom. The number of aromatic nitrogens is 2. The van der Waals surface area contributed by atoms with Gasteiger partial charge in [0.1, 0.15) is 0 Å². The standard InChI is InChI=1S/C14H16N2OS/c1-10(14-15-6-8-18-14)9-16-7-5-11-12(16)3-2-4-13(11)17/h5-8,10H,2-4,9H2,1H3. The number of nitrogens with zero attached hydrogens (tertiary/aromatic N) is 2. The molecular weight excluding hydrogens is 244 g/mol. The molecular formula is C14H16N2OS. The molecule has 1 atom stereocenters. The summed E-state index contributed by atoms with van der Waals surface area (Å²) in [6, 6.07) is 1.98. The van der Waals surface area contributed by atoms with Crippen molar-refractivity contribution in [3.05, 3.63) is 40.1 Å². The molecule has 0 fully saturated rings. The summed E-state index contributed by atoms with van der Waals surface area (Å²) >= 11 is 1.70. The largest absolute Gasteiger partial charge is 0.350 e. The van der Waals surface area contributed by atoms with E-state index in [2.05, 4.69) is 22.7 Å². The lowest BCUT2D eigenvalue weighted by Gasteiger charge is -2.17. The highest BCUT2D eigenvalue weighted by molar-refractivity contribution is 7.09. The smallest absolute Gasteiger partial charge is 0.164 e. The average molecular weight is 260 g/mol. The number of fused-ring (bicyclic) bond motifs is 1. The maximum absolute atomic E-state index is 11.8. The lowest BCUT2D eigenvalue weighted by molar-refractivity contribution is 0.0971. The van der Waals surface area contributed by atoms with Crippen molar-refractivity contribution in [1.29, 1.82) is 0 Å². The summed E-state index contributed by atoms with van der Waals surface area (Å²) in [5.41, 5.74) is 2.15. The Hall–Kier alpha value is -1.42. The zero-order chi connectivity index (χ0) is 12.5. The molecule has 0 bridgehead atoms. The molecule has 0 N–H and O–H groups in total. The SMILES string of the molecule is CC(Cn1ccc2c1CCCC2=O)c1nccs1. The van der Waals surface area contributed by atoms with E-state index in [1.807, 2.05) is 17.6 Å². The van der Waals surface area contributed by atoms with Crippen LogP contribution in [0.3, 0.4) is 0 Å². The molecule has 0 saturated heterocycles. The van der Waals surface area contributed by atoms with Crippen molar-refractivity contribution in [1.82, 2.24) is 9.55 Å². The zero-order valence-electron chi connectivity index (χ0n) is 10.4. The van der Waals surface area contributed by atoms with Crippen LogP contribution in [-0.4, -0.2) is 15.3 Å². The van der Waals surface area contributed by atoms with Gasteiger partial charge in [-0.25, -0.2) is 4.98 Å². The third kappa shape index (κ3) is 2.01. The lowest BCUT2D eigenvalue weighted by atomic mass is 9.96. The molecule has 1 aliphatic rings. The summed E-state index contributed by atoms with van der Waals surface area (Å²) in [6.45, 7) is 3.10. The summed E-state index contributed by atoms with van der Waals surface area (Å²) in [5, 5.41) is 3.18. The Morgan fingerprint density at radius 2 is 2.39 bits per heavy atom. The summed E-state index contributed by atoms with van der Waals surface area (Å²) in [5.74, 6) is 0.704. The second-order valence-corrected chi connectivity index (χ2v) is 5.80. The van der Waals surface area contributed by atoms with E-state index in [0.717, 1.165) is 24.9 Å². The molecule has 3 rings (SSSR count). The van der Waals surface area contributed by atoms with Gasteiger partial charge >= 0.3 is 0 Å². The van der Waals surface area contributed by atoms with E-state index in [-0.39, 0.29) is 0 Å². The van der Waals surface area contributed by atoms with Crippen LogP contribution < -0.4 is 0 Å². The molecule has 0 aromatic carbocycles. The van der Waals surface area contributed by atoms with Crippen molar-refractivity contribution in [2.24, 2.45) is 0 Å². The average Bonchev–Trinajstić information content (AvgIpc) is 2.99. The molecule has 2 aromatic rings. The van der Waals surface area contributed by atoms with Crippen molar-refractivity contribution in [2.45, 2.75) is 38.6 Å². The molecule has 0 aliphatic heterocycles. The minimum absolute atomic E-state index is 0.303. The molecule has 94 valence electrons. The Kier molecular flexibility index (Phi) is 3.04. The molecule has 18 heavy (non-hydrogen) atoms.